The molecule has 1 fully saturated rings. The minimum absolute atomic E-state index is 0.146. The zero-order valence-corrected chi connectivity index (χ0v) is 19.1. The average molecular weight is 459 g/mol. The molecule has 1 saturated carbocycles. The minimum Gasteiger partial charge on any atom is -0.490 e. The Morgan fingerprint density at radius 1 is 1.12 bits per heavy atom. The Bertz CT molecular complexity index is 1310. The van der Waals surface area contributed by atoms with E-state index in [0.29, 0.717) is 42.1 Å². The van der Waals surface area contributed by atoms with E-state index < -0.39 is 5.92 Å². The molecular formula is C24H28F2N4O3. The predicted octanol–water partition coefficient (Wildman–Crippen LogP) is 4.06. The van der Waals surface area contributed by atoms with Crippen LogP contribution in [0.3, 0.4) is 0 Å². The third-order valence-electron chi connectivity index (χ3n) is 6.16. The van der Waals surface area contributed by atoms with Gasteiger partial charge in [0.25, 0.3) is 5.56 Å². The van der Waals surface area contributed by atoms with Crippen LogP contribution < -0.4 is 16.0 Å². The fourth-order valence-corrected chi connectivity index (χ4v) is 4.28. The molecule has 2 aromatic heterocycles. The largest absolute Gasteiger partial charge is 0.490 e. The second-order valence-corrected chi connectivity index (χ2v) is 8.36. The summed E-state index contributed by atoms with van der Waals surface area (Å²) < 4.78 is 37.1. The number of imidazole rings is 1. The second kappa shape index (κ2) is 8.96. The number of benzene rings is 1. The summed E-state index contributed by atoms with van der Waals surface area (Å²) in [5.41, 5.74) is 0.871. The number of rotatable bonds is 6. The highest BCUT2D eigenvalue weighted by atomic mass is 19.3. The number of alkyl halides is 2. The van der Waals surface area contributed by atoms with Gasteiger partial charge in [0.1, 0.15) is 11.6 Å². The van der Waals surface area contributed by atoms with Crippen LogP contribution in [0, 0.1) is 0 Å². The molecule has 9 heteroatoms. The molecule has 0 unspecified atom stereocenters. The molecule has 1 aromatic carbocycles. The standard InChI is InChI=1S/C24H28F2N4O3/c1-4-29-21-20(22(31)30(5-2)23(29)32)28(3)19(27-21)10-9-16-7-6-8-18(15-16)33-17-11-13-24(25,26)14-12-17/h6-10,15,17H,4-5,11-14H2,1-3H3/b10-9+. The lowest BCUT2D eigenvalue weighted by molar-refractivity contribution is -0.0582. The van der Waals surface area contributed by atoms with Crippen molar-refractivity contribution in [2.75, 3.05) is 0 Å². The second-order valence-electron chi connectivity index (χ2n) is 8.36. The quantitative estimate of drug-likeness (QED) is 0.559. The van der Waals surface area contributed by atoms with Gasteiger partial charge in [-0.05, 0) is 50.5 Å². The molecule has 7 nitrogen and oxygen atoms in total. The Balaban J connectivity index is 1.61. The van der Waals surface area contributed by atoms with E-state index in [1.54, 1.807) is 24.6 Å². The van der Waals surface area contributed by atoms with Crippen LogP contribution in [0.4, 0.5) is 8.78 Å². The lowest BCUT2D eigenvalue weighted by Crippen LogP contribution is -2.39. The summed E-state index contributed by atoms with van der Waals surface area (Å²) in [6, 6.07) is 7.40. The van der Waals surface area contributed by atoms with Crippen molar-refractivity contribution in [2.45, 2.75) is 64.6 Å². The first-order valence-electron chi connectivity index (χ1n) is 11.3. The van der Waals surface area contributed by atoms with Crippen molar-refractivity contribution in [3.05, 3.63) is 56.5 Å². The predicted molar refractivity (Wildman–Crippen MR) is 124 cm³/mol. The molecule has 0 N–H and O–H groups in total. The van der Waals surface area contributed by atoms with E-state index in [0.717, 1.165) is 5.56 Å². The summed E-state index contributed by atoms with van der Waals surface area (Å²) in [5.74, 6) is -1.42. The van der Waals surface area contributed by atoms with Gasteiger partial charge < -0.3 is 9.30 Å². The molecule has 1 aliphatic rings. The maximum absolute atomic E-state index is 13.4. The van der Waals surface area contributed by atoms with Crippen molar-refractivity contribution in [2.24, 2.45) is 7.05 Å². The van der Waals surface area contributed by atoms with Crippen molar-refractivity contribution in [1.82, 2.24) is 18.7 Å². The normalized spacial score (nSPS) is 16.6. The number of aryl methyl sites for hydroxylation is 2. The van der Waals surface area contributed by atoms with Gasteiger partial charge in [0.2, 0.25) is 5.92 Å². The van der Waals surface area contributed by atoms with Crippen LogP contribution in [0.15, 0.2) is 33.9 Å². The fraction of sp³-hybridized carbons (Fsp3) is 0.458. The molecule has 2 heterocycles. The average Bonchev–Trinajstić information content (AvgIpc) is 3.11. The van der Waals surface area contributed by atoms with Crippen molar-refractivity contribution in [3.63, 3.8) is 0 Å². The maximum Gasteiger partial charge on any atom is 0.332 e. The van der Waals surface area contributed by atoms with E-state index >= 15 is 0 Å². The lowest BCUT2D eigenvalue weighted by Gasteiger charge is -2.28. The zero-order valence-electron chi connectivity index (χ0n) is 19.1. The highest BCUT2D eigenvalue weighted by Gasteiger charge is 2.35. The summed E-state index contributed by atoms with van der Waals surface area (Å²) in [7, 11) is 1.75. The van der Waals surface area contributed by atoms with E-state index in [1.807, 2.05) is 37.3 Å². The summed E-state index contributed by atoms with van der Waals surface area (Å²) in [6.07, 6.45) is 3.79. The Morgan fingerprint density at radius 3 is 2.48 bits per heavy atom. The summed E-state index contributed by atoms with van der Waals surface area (Å²) in [4.78, 5) is 30.0. The van der Waals surface area contributed by atoms with E-state index in [-0.39, 0.29) is 36.7 Å². The van der Waals surface area contributed by atoms with E-state index in [9.17, 15) is 18.4 Å². The molecule has 1 aliphatic carbocycles. The Hall–Kier alpha value is -3.23. The van der Waals surface area contributed by atoms with E-state index in [2.05, 4.69) is 4.98 Å². The van der Waals surface area contributed by atoms with Crippen molar-refractivity contribution < 1.29 is 13.5 Å². The van der Waals surface area contributed by atoms with Gasteiger partial charge in [0.05, 0.1) is 6.10 Å². The van der Waals surface area contributed by atoms with Crippen molar-refractivity contribution >= 4 is 23.3 Å². The van der Waals surface area contributed by atoms with Gasteiger partial charge in [-0.15, -0.1) is 0 Å². The zero-order chi connectivity index (χ0) is 23.8. The monoisotopic (exact) mass is 458 g/mol. The van der Waals surface area contributed by atoms with Crippen LogP contribution >= 0.6 is 0 Å². The molecule has 0 spiro atoms. The van der Waals surface area contributed by atoms with Crippen LogP contribution in [0.25, 0.3) is 23.3 Å². The SMILES string of the molecule is CCn1c(=O)c2c(nc(/C=C/c3cccc(OC4CCC(F)(F)CC4)c3)n2C)n(CC)c1=O. The molecule has 0 saturated heterocycles. The first kappa shape index (κ1) is 22.9. The van der Waals surface area contributed by atoms with Gasteiger partial charge >= 0.3 is 5.69 Å². The van der Waals surface area contributed by atoms with Crippen molar-refractivity contribution in [1.29, 1.82) is 0 Å². The number of hydrogen-bond donors (Lipinski definition) is 0. The van der Waals surface area contributed by atoms with Gasteiger partial charge in [0.15, 0.2) is 11.2 Å². The summed E-state index contributed by atoms with van der Waals surface area (Å²) in [6.45, 7) is 4.30. The molecule has 3 aromatic rings. The highest BCUT2D eigenvalue weighted by molar-refractivity contribution is 5.76. The Morgan fingerprint density at radius 2 is 1.82 bits per heavy atom. The van der Waals surface area contributed by atoms with Crippen LogP contribution in [0.2, 0.25) is 0 Å². The van der Waals surface area contributed by atoms with Gasteiger partial charge in [-0.25, -0.2) is 18.6 Å². The molecule has 0 atom stereocenters. The topological polar surface area (TPSA) is 71.1 Å². The number of halogens is 2. The minimum atomic E-state index is -2.58. The van der Waals surface area contributed by atoms with Crippen LogP contribution in [-0.2, 0) is 20.1 Å². The number of nitrogens with zero attached hydrogens (tertiary/aromatic N) is 4. The summed E-state index contributed by atoms with van der Waals surface area (Å²) >= 11 is 0. The van der Waals surface area contributed by atoms with E-state index in [1.165, 1.54) is 9.13 Å². The molecule has 0 amide bonds. The molecule has 0 radical (unpaired) electrons. The van der Waals surface area contributed by atoms with Gasteiger partial charge in [-0.2, -0.15) is 0 Å². The maximum atomic E-state index is 13.4. The smallest absolute Gasteiger partial charge is 0.332 e. The summed E-state index contributed by atoms with van der Waals surface area (Å²) in [5, 5.41) is 0. The van der Waals surface area contributed by atoms with Crippen molar-refractivity contribution in [3.8, 4) is 5.75 Å². The molecule has 0 aliphatic heterocycles. The highest BCUT2D eigenvalue weighted by Crippen LogP contribution is 2.34. The Kier molecular flexibility index (Phi) is 6.23. The molecule has 176 valence electrons. The first-order valence-corrected chi connectivity index (χ1v) is 11.3. The van der Waals surface area contributed by atoms with Gasteiger partial charge in [-0.3, -0.25) is 13.9 Å². The fourth-order valence-electron chi connectivity index (χ4n) is 4.28. The third-order valence-corrected chi connectivity index (χ3v) is 6.16. The Labute approximate surface area is 189 Å². The molecule has 33 heavy (non-hydrogen) atoms. The van der Waals surface area contributed by atoms with E-state index in [4.69, 9.17) is 4.74 Å². The molecule has 4 rings (SSSR count). The third kappa shape index (κ3) is 4.49. The van der Waals surface area contributed by atoms with Crippen LogP contribution in [0.5, 0.6) is 5.75 Å². The number of aromatic nitrogens is 4. The number of hydrogen-bond acceptors (Lipinski definition) is 4. The van der Waals surface area contributed by atoms with Crippen LogP contribution in [0.1, 0.15) is 50.9 Å². The number of fused-ring (bicyclic) bond motifs is 1. The molecule has 0 bridgehead atoms. The van der Waals surface area contributed by atoms with Gasteiger partial charge in [-0.1, -0.05) is 18.2 Å². The van der Waals surface area contributed by atoms with Gasteiger partial charge in [0, 0.05) is 33.0 Å². The number of ether oxygens (including phenoxy) is 1. The lowest BCUT2D eigenvalue weighted by atomic mass is 9.94. The van der Waals surface area contributed by atoms with Crippen LogP contribution in [-0.4, -0.2) is 30.7 Å². The first-order chi connectivity index (χ1) is 15.7. The molecular weight excluding hydrogens is 430 g/mol.